The second-order valence-corrected chi connectivity index (χ2v) is 9.34. The van der Waals surface area contributed by atoms with Crippen LogP contribution in [0.1, 0.15) is 23.6 Å². The average Bonchev–Trinajstić information content (AvgIpc) is 2.82. The van der Waals surface area contributed by atoms with Crippen LogP contribution < -0.4 is 5.32 Å². The standard InChI is InChI=1S/C27H29ClN2O2S/c1-3-29-27(32)25(17-21-7-5-4-6-8-21)30(18-22-11-13-23(28)14-12-22)26(31)19-33-24-15-9-20(2)10-16-24/h4-16,25H,3,17-19H2,1-2H3,(H,29,32). The van der Waals surface area contributed by atoms with Gasteiger partial charge in [-0.1, -0.05) is 71.8 Å². The first-order valence-electron chi connectivity index (χ1n) is 11.0. The van der Waals surface area contributed by atoms with E-state index in [2.05, 4.69) is 5.32 Å². The summed E-state index contributed by atoms with van der Waals surface area (Å²) in [6, 6.07) is 24.7. The molecule has 1 unspecified atom stereocenters. The first-order valence-corrected chi connectivity index (χ1v) is 12.4. The Kier molecular flexibility index (Phi) is 9.40. The third kappa shape index (κ3) is 7.65. The lowest BCUT2D eigenvalue weighted by molar-refractivity contribution is -0.139. The van der Waals surface area contributed by atoms with Crippen LogP contribution in [-0.2, 0) is 22.6 Å². The molecule has 0 heterocycles. The summed E-state index contributed by atoms with van der Waals surface area (Å²) in [4.78, 5) is 29.3. The first kappa shape index (κ1) is 24.9. The summed E-state index contributed by atoms with van der Waals surface area (Å²) in [5, 5.41) is 3.55. The molecule has 1 atom stereocenters. The Morgan fingerprint density at radius 3 is 2.24 bits per heavy atom. The van der Waals surface area contributed by atoms with Gasteiger partial charge in [0.2, 0.25) is 11.8 Å². The van der Waals surface area contributed by atoms with Gasteiger partial charge in [-0.2, -0.15) is 0 Å². The van der Waals surface area contributed by atoms with Crippen molar-refractivity contribution in [3.8, 4) is 0 Å². The van der Waals surface area contributed by atoms with Crippen LogP contribution in [0.4, 0.5) is 0 Å². The van der Waals surface area contributed by atoms with E-state index in [1.807, 2.05) is 80.6 Å². The maximum absolute atomic E-state index is 13.5. The summed E-state index contributed by atoms with van der Waals surface area (Å²) in [6.45, 7) is 4.76. The SMILES string of the molecule is CCNC(=O)C(Cc1ccccc1)N(Cc1ccc(Cl)cc1)C(=O)CSc1ccc(C)cc1. The van der Waals surface area contributed by atoms with Gasteiger partial charge in [0.25, 0.3) is 0 Å². The Morgan fingerprint density at radius 2 is 1.61 bits per heavy atom. The Bertz CT molecular complexity index is 1040. The van der Waals surface area contributed by atoms with Gasteiger partial charge >= 0.3 is 0 Å². The summed E-state index contributed by atoms with van der Waals surface area (Å²) in [7, 11) is 0. The van der Waals surface area contributed by atoms with Crippen molar-refractivity contribution < 1.29 is 9.59 Å². The molecule has 0 saturated carbocycles. The summed E-state index contributed by atoms with van der Waals surface area (Å²) in [5.41, 5.74) is 3.11. The third-order valence-corrected chi connectivity index (χ3v) is 6.52. The number of halogens is 1. The monoisotopic (exact) mass is 480 g/mol. The molecule has 0 spiro atoms. The molecular weight excluding hydrogens is 452 g/mol. The number of nitrogens with zero attached hydrogens (tertiary/aromatic N) is 1. The zero-order chi connectivity index (χ0) is 23.6. The molecule has 0 saturated heterocycles. The summed E-state index contributed by atoms with van der Waals surface area (Å²) < 4.78 is 0. The highest BCUT2D eigenvalue weighted by molar-refractivity contribution is 8.00. The topological polar surface area (TPSA) is 49.4 Å². The lowest BCUT2D eigenvalue weighted by Crippen LogP contribution is -2.51. The van der Waals surface area contributed by atoms with Crippen molar-refractivity contribution in [2.45, 2.75) is 37.8 Å². The van der Waals surface area contributed by atoms with Crippen molar-refractivity contribution in [2.75, 3.05) is 12.3 Å². The second-order valence-electron chi connectivity index (χ2n) is 7.85. The van der Waals surface area contributed by atoms with Crippen molar-refractivity contribution in [1.82, 2.24) is 10.2 Å². The molecule has 3 rings (SSSR count). The van der Waals surface area contributed by atoms with Gasteiger partial charge in [0.1, 0.15) is 6.04 Å². The number of benzene rings is 3. The largest absolute Gasteiger partial charge is 0.355 e. The zero-order valence-corrected chi connectivity index (χ0v) is 20.5. The quantitative estimate of drug-likeness (QED) is 0.389. The normalized spacial score (nSPS) is 11.6. The molecule has 1 N–H and O–H groups in total. The van der Waals surface area contributed by atoms with Gasteiger partial charge < -0.3 is 10.2 Å². The fourth-order valence-corrected chi connectivity index (χ4v) is 4.41. The Hall–Kier alpha value is -2.76. The minimum absolute atomic E-state index is 0.0808. The van der Waals surface area contributed by atoms with Crippen LogP contribution in [0, 0.1) is 6.92 Å². The number of carbonyl (C=O) groups is 2. The van der Waals surface area contributed by atoms with Crippen LogP contribution in [0.15, 0.2) is 83.8 Å². The molecule has 4 nitrogen and oxygen atoms in total. The number of aryl methyl sites for hydroxylation is 1. The molecule has 2 amide bonds. The number of carbonyl (C=O) groups excluding carboxylic acids is 2. The Labute approximate surface area is 205 Å². The lowest BCUT2D eigenvalue weighted by Gasteiger charge is -2.31. The van der Waals surface area contributed by atoms with Gasteiger partial charge in [0.15, 0.2) is 0 Å². The van der Waals surface area contributed by atoms with Crippen LogP contribution in [0.3, 0.4) is 0 Å². The number of nitrogens with one attached hydrogen (secondary N) is 1. The zero-order valence-electron chi connectivity index (χ0n) is 19.0. The molecule has 6 heteroatoms. The molecular formula is C27H29ClN2O2S. The van der Waals surface area contributed by atoms with E-state index in [0.717, 1.165) is 16.0 Å². The number of thioether (sulfide) groups is 1. The van der Waals surface area contributed by atoms with Gasteiger partial charge in [-0.15, -0.1) is 11.8 Å². The van der Waals surface area contributed by atoms with Crippen LogP contribution in [0.25, 0.3) is 0 Å². The highest BCUT2D eigenvalue weighted by Gasteiger charge is 2.30. The molecule has 0 aliphatic rings. The Balaban J connectivity index is 1.87. The molecule has 0 bridgehead atoms. The summed E-state index contributed by atoms with van der Waals surface area (Å²) in [6.07, 6.45) is 0.446. The van der Waals surface area contributed by atoms with Crippen LogP contribution >= 0.6 is 23.4 Å². The fraction of sp³-hybridized carbons (Fsp3) is 0.259. The van der Waals surface area contributed by atoms with E-state index in [4.69, 9.17) is 11.6 Å². The van der Waals surface area contributed by atoms with Crippen LogP contribution in [0.2, 0.25) is 5.02 Å². The molecule has 0 radical (unpaired) electrons. The third-order valence-electron chi connectivity index (χ3n) is 5.27. The van der Waals surface area contributed by atoms with Gasteiger partial charge in [0, 0.05) is 29.4 Å². The van der Waals surface area contributed by atoms with Crippen LogP contribution in [-0.4, -0.2) is 35.1 Å². The minimum Gasteiger partial charge on any atom is -0.355 e. The summed E-state index contributed by atoms with van der Waals surface area (Å²) >= 11 is 7.54. The van der Waals surface area contributed by atoms with Gasteiger partial charge in [-0.25, -0.2) is 0 Å². The van der Waals surface area contributed by atoms with E-state index in [1.165, 1.54) is 17.3 Å². The molecule has 0 aromatic heterocycles. The minimum atomic E-state index is -0.617. The van der Waals surface area contributed by atoms with Crippen molar-refractivity contribution in [1.29, 1.82) is 0 Å². The van der Waals surface area contributed by atoms with Crippen molar-refractivity contribution in [3.05, 3.63) is 101 Å². The first-order chi connectivity index (χ1) is 16.0. The molecule has 3 aromatic rings. The molecule has 3 aromatic carbocycles. The van der Waals surface area contributed by atoms with E-state index >= 15 is 0 Å². The number of likely N-dealkylation sites (N-methyl/N-ethyl adjacent to an activating group) is 1. The van der Waals surface area contributed by atoms with Crippen molar-refractivity contribution in [3.63, 3.8) is 0 Å². The van der Waals surface area contributed by atoms with Crippen molar-refractivity contribution >= 4 is 35.2 Å². The predicted octanol–water partition coefficient (Wildman–Crippen LogP) is 5.52. The van der Waals surface area contributed by atoms with E-state index in [1.54, 1.807) is 17.0 Å². The van der Waals surface area contributed by atoms with Gasteiger partial charge in [-0.3, -0.25) is 9.59 Å². The predicted molar refractivity (Wildman–Crippen MR) is 137 cm³/mol. The van der Waals surface area contributed by atoms with Crippen LogP contribution in [0.5, 0.6) is 0 Å². The smallest absolute Gasteiger partial charge is 0.243 e. The lowest BCUT2D eigenvalue weighted by atomic mass is 10.0. The van der Waals surface area contributed by atoms with E-state index in [9.17, 15) is 9.59 Å². The van der Waals surface area contributed by atoms with E-state index in [0.29, 0.717) is 24.5 Å². The molecule has 0 aliphatic carbocycles. The summed E-state index contributed by atoms with van der Waals surface area (Å²) in [5.74, 6) is 0.0214. The van der Waals surface area contributed by atoms with Gasteiger partial charge in [0.05, 0.1) is 5.75 Å². The van der Waals surface area contributed by atoms with E-state index in [-0.39, 0.29) is 17.6 Å². The number of rotatable bonds is 10. The molecule has 33 heavy (non-hydrogen) atoms. The Morgan fingerprint density at radius 1 is 0.939 bits per heavy atom. The van der Waals surface area contributed by atoms with Crippen molar-refractivity contribution in [2.24, 2.45) is 0 Å². The number of hydrogen-bond donors (Lipinski definition) is 1. The average molecular weight is 481 g/mol. The molecule has 172 valence electrons. The number of amides is 2. The second kappa shape index (κ2) is 12.5. The fourth-order valence-electron chi connectivity index (χ4n) is 3.49. The maximum atomic E-state index is 13.5. The molecule has 0 aliphatic heterocycles. The maximum Gasteiger partial charge on any atom is 0.243 e. The highest BCUT2D eigenvalue weighted by Crippen LogP contribution is 2.22. The highest BCUT2D eigenvalue weighted by atomic mass is 35.5. The van der Waals surface area contributed by atoms with Gasteiger partial charge in [-0.05, 0) is 49.2 Å². The molecule has 0 fully saturated rings. The van der Waals surface area contributed by atoms with E-state index < -0.39 is 6.04 Å². The number of hydrogen-bond acceptors (Lipinski definition) is 3.